The van der Waals surface area contributed by atoms with Crippen molar-refractivity contribution in [2.45, 2.75) is 33.0 Å². The molecular formula is C16H16ClF3N2O2. The fourth-order valence-electron chi connectivity index (χ4n) is 1.85. The second kappa shape index (κ2) is 6.84. The molecule has 0 fully saturated rings. The van der Waals surface area contributed by atoms with Crippen LogP contribution in [-0.4, -0.2) is 17.1 Å². The summed E-state index contributed by atoms with van der Waals surface area (Å²) in [4.78, 5) is 12.1. The van der Waals surface area contributed by atoms with E-state index in [1.54, 1.807) is 0 Å². The van der Waals surface area contributed by atoms with E-state index in [0.717, 1.165) is 12.1 Å². The van der Waals surface area contributed by atoms with E-state index in [2.05, 4.69) is 10.5 Å². The lowest BCUT2D eigenvalue weighted by Crippen LogP contribution is -2.36. The van der Waals surface area contributed by atoms with Crippen LogP contribution in [0.4, 0.5) is 13.2 Å². The van der Waals surface area contributed by atoms with Gasteiger partial charge in [-0.1, -0.05) is 42.7 Å². The van der Waals surface area contributed by atoms with Crippen molar-refractivity contribution in [1.82, 2.24) is 10.5 Å². The Morgan fingerprint density at radius 3 is 2.29 bits per heavy atom. The van der Waals surface area contributed by atoms with Crippen LogP contribution in [0.2, 0.25) is 5.02 Å². The van der Waals surface area contributed by atoms with Gasteiger partial charge in [0, 0.05) is 11.6 Å². The van der Waals surface area contributed by atoms with E-state index in [9.17, 15) is 18.0 Å². The summed E-state index contributed by atoms with van der Waals surface area (Å²) < 4.78 is 42.8. The van der Waals surface area contributed by atoms with Crippen molar-refractivity contribution in [2.75, 3.05) is 0 Å². The minimum absolute atomic E-state index is 0.0387. The predicted octanol–water partition coefficient (Wildman–Crippen LogP) is 4.79. The number of halogens is 4. The zero-order valence-corrected chi connectivity index (χ0v) is 14.0. The van der Waals surface area contributed by atoms with Gasteiger partial charge in [-0.3, -0.25) is 4.79 Å². The number of amides is 1. The van der Waals surface area contributed by atoms with Crippen molar-refractivity contribution in [3.05, 3.63) is 40.5 Å². The zero-order valence-electron chi connectivity index (χ0n) is 13.2. The molecule has 2 rings (SSSR count). The van der Waals surface area contributed by atoms with E-state index in [1.165, 1.54) is 12.1 Å². The first-order valence-corrected chi connectivity index (χ1v) is 7.62. The first-order chi connectivity index (χ1) is 11.1. The van der Waals surface area contributed by atoms with E-state index in [-0.39, 0.29) is 28.4 Å². The number of carbonyl (C=O) groups excluding carboxylic acids is 1. The third-order valence-electron chi connectivity index (χ3n) is 3.68. The second-order valence-electron chi connectivity index (χ2n) is 5.76. The minimum Gasteiger partial charge on any atom is -0.354 e. The Morgan fingerprint density at radius 2 is 1.79 bits per heavy atom. The summed E-state index contributed by atoms with van der Waals surface area (Å²) in [5.41, 5.74) is -0.582. The number of benzene rings is 1. The Bertz CT molecular complexity index is 724. The van der Waals surface area contributed by atoms with Crippen LogP contribution < -0.4 is 5.32 Å². The van der Waals surface area contributed by atoms with Gasteiger partial charge in [0.2, 0.25) is 0 Å². The van der Waals surface area contributed by atoms with Gasteiger partial charge in [0.15, 0.2) is 11.5 Å². The maximum atomic E-state index is 12.6. The molecule has 2 aromatic rings. The molecule has 1 heterocycles. The van der Waals surface area contributed by atoms with E-state index < -0.39 is 17.6 Å². The molecule has 24 heavy (non-hydrogen) atoms. The molecule has 1 aromatic carbocycles. The van der Waals surface area contributed by atoms with Gasteiger partial charge in [-0.05, 0) is 25.0 Å². The largest absolute Gasteiger partial charge is 0.416 e. The highest BCUT2D eigenvalue weighted by molar-refractivity contribution is 6.35. The van der Waals surface area contributed by atoms with Gasteiger partial charge in [0.25, 0.3) is 5.91 Å². The van der Waals surface area contributed by atoms with Crippen LogP contribution in [0.25, 0.3) is 11.3 Å². The number of nitrogens with zero attached hydrogens (tertiary/aromatic N) is 1. The summed E-state index contributed by atoms with van der Waals surface area (Å²) in [6, 6.07) is 4.16. The highest BCUT2D eigenvalue weighted by Gasteiger charge is 2.30. The van der Waals surface area contributed by atoms with Crippen LogP contribution in [0.15, 0.2) is 28.8 Å². The van der Waals surface area contributed by atoms with E-state index in [0.29, 0.717) is 5.56 Å². The predicted molar refractivity (Wildman–Crippen MR) is 83.7 cm³/mol. The molecule has 0 aliphatic carbocycles. The van der Waals surface area contributed by atoms with Crippen molar-refractivity contribution < 1.29 is 22.5 Å². The normalized spacial score (nSPS) is 13.2. The molecule has 130 valence electrons. The Kier molecular flexibility index (Phi) is 5.22. The summed E-state index contributed by atoms with van der Waals surface area (Å²) in [6.07, 6.45) is -4.43. The fraction of sp³-hybridized carbons (Fsp3) is 0.375. The number of alkyl halides is 3. The molecule has 1 amide bonds. The van der Waals surface area contributed by atoms with Crippen molar-refractivity contribution in [3.8, 4) is 11.3 Å². The molecular weight excluding hydrogens is 345 g/mol. The average molecular weight is 361 g/mol. The number of rotatable bonds is 4. The second-order valence-corrected chi connectivity index (χ2v) is 6.13. The van der Waals surface area contributed by atoms with Gasteiger partial charge in [-0.2, -0.15) is 13.2 Å². The van der Waals surface area contributed by atoms with E-state index >= 15 is 0 Å². The maximum Gasteiger partial charge on any atom is 0.416 e. The lowest BCUT2D eigenvalue weighted by atomic mass is 10.1. The van der Waals surface area contributed by atoms with Gasteiger partial charge < -0.3 is 9.84 Å². The Labute approximate surface area is 142 Å². The molecule has 1 N–H and O–H groups in total. The lowest BCUT2D eigenvalue weighted by molar-refractivity contribution is -0.137. The average Bonchev–Trinajstić information content (AvgIpc) is 2.88. The van der Waals surface area contributed by atoms with Crippen LogP contribution in [0.5, 0.6) is 0 Å². The summed E-state index contributed by atoms with van der Waals surface area (Å²) in [7, 11) is 0. The summed E-state index contributed by atoms with van der Waals surface area (Å²) in [5, 5.41) is 6.33. The summed E-state index contributed by atoms with van der Waals surface area (Å²) in [5.74, 6) is -0.232. The van der Waals surface area contributed by atoms with Gasteiger partial charge in [-0.25, -0.2) is 0 Å². The third kappa shape index (κ3) is 3.90. The molecule has 0 spiro atoms. The third-order valence-corrected chi connectivity index (χ3v) is 4.03. The standard InChI is InChI=1S/C16H16ClF3N2O2/c1-8(2)9(3)21-15(23)13-12(17)14(24-22-13)10-4-6-11(7-5-10)16(18,19)20/h4-9H,1-3H3,(H,21,23)/t9-/m0/s1. The number of hydrogen-bond donors (Lipinski definition) is 1. The quantitative estimate of drug-likeness (QED) is 0.853. The molecule has 8 heteroatoms. The van der Waals surface area contributed by atoms with Crippen molar-refractivity contribution >= 4 is 17.5 Å². The minimum atomic E-state index is -4.43. The van der Waals surface area contributed by atoms with Crippen molar-refractivity contribution in [3.63, 3.8) is 0 Å². The van der Waals surface area contributed by atoms with Crippen LogP contribution in [0.1, 0.15) is 36.8 Å². The lowest BCUT2D eigenvalue weighted by Gasteiger charge is -2.16. The van der Waals surface area contributed by atoms with Crippen molar-refractivity contribution in [2.24, 2.45) is 5.92 Å². The van der Waals surface area contributed by atoms with Crippen LogP contribution in [-0.2, 0) is 6.18 Å². The Morgan fingerprint density at radius 1 is 1.21 bits per heavy atom. The molecule has 0 bridgehead atoms. The highest BCUT2D eigenvalue weighted by atomic mass is 35.5. The number of hydrogen-bond acceptors (Lipinski definition) is 3. The molecule has 0 aliphatic rings. The molecule has 0 saturated carbocycles. The first-order valence-electron chi connectivity index (χ1n) is 7.25. The highest BCUT2D eigenvalue weighted by Crippen LogP contribution is 2.34. The van der Waals surface area contributed by atoms with E-state index in [4.69, 9.17) is 16.1 Å². The fourth-order valence-corrected chi connectivity index (χ4v) is 2.12. The monoisotopic (exact) mass is 360 g/mol. The number of aromatic nitrogens is 1. The SMILES string of the molecule is CC(C)[C@H](C)NC(=O)c1noc(-c2ccc(C(F)(F)F)cc2)c1Cl. The topological polar surface area (TPSA) is 55.1 Å². The molecule has 0 saturated heterocycles. The van der Waals surface area contributed by atoms with E-state index in [1.807, 2.05) is 20.8 Å². The van der Waals surface area contributed by atoms with Crippen LogP contribution in [0, 0.1) is 5.92 Å². The molecule has 0 aliphatic heterocycles. The van der Waals surface area contributed by atoms with Crippen molar-refractivity contribution in [1.29, 1.82) is 0 Å². The molecule has 0 radical (unpaired) electrons. The number of carbonyl (C=O) groups is 1. The van der Waals surface area contributed by atoms with Crippen LogP contribution in [0.3, 0.4) is 0 Å². The van der Waals surface area contributed by atoms with Gasteiger partial charge in [-0.15, -0.1) is 0 Å². The van der Waals surface area contributed by atoms with Gasteiger partial charge in [0.1, 0.15) is 5.02 Å². The summed E-state index contributed by atoms with van der Waals surface area (Å²) >= 11 is 6.11. The molecule has 4 nitrogen and oxygen atoms in total. The maximum absolute atomic E-state index is 12.6. The first kappa shape index (κ1) is 18.3. The van der Waals surface area contributed by atoms with Gasteiger partial charge >= 0.3 is 6.18 Å². The Hall–Kier alpha value is -2.02. The smallest absolute Gasteiger partial charge is 0.354 e. The molecule has 1 aromatic heterocycles. The van der Waals surface area contributed by atoms with Crippen LogP contribution >= 0.6 is 11.6 Å². The molecule has 1 atom stereocenters. The zero-order chi connectivity index (χ0) is 18.1. The Balaban J connectivity index is 2.25. The van der Waals surface area contributed by atoms with Gasteiger partial charge in [0.05, 0.1) is 5.56 Å². The molecule has 0 unspecified atom stereocenters. The summed E-state index contributed by atoms with van der Waals surface area (Å²) in [6.45, 7) is 5.74. The number of nitrogens with one attached hydrogen (secondary N) is 1.